The van der Waals surface area contributed by atoms with Crippen LogP contribution in [0.15, 0.2) is 40.3 Å². The zero-order valence-electron chi connectivity index (χ0n) is 11.0. The third-order valence-electron chi connectivity index (χ3n) is 2.72. The van der Waals surface area contributed by atoms with Crippen molar-refractivity contribution >= 4 is 17.7 Å². The van der Waals surface area contributed by atoms with Crippen LogP contribution in [-0.4, -0.2) is 16.1 Å². The van der Waals surface area contributed by atoms with E-state index in [0.29, 0.717) is 16.2 Å². The fourth-order valence-corrected chi connectivity index (χ4v) is 2.88. The zero-order chi connectivity index (χ0) is 14.7. The van der Waals surface area contributed by atoms with Gasteiger partial charge in [-0.2, -0.15) is 5.26 Å². The Bertz CT molecular complexity index is 703. The maximum Gasteiger partial charge on any atom is 0.338 e. The van der Waals surface area contributed by atoms with Crippen LogP contribution in [0.25, 0.3) is 0 Å². The van der Waals surface area contributed by atoms with E-state index in [4.69, 9.17) is 5.26 Å². The van der Waals surface area contributed by atoms with Crippen molar-refractivity contribution in [3.63, 3.8) is 0 Å². The van der Waals surface area contributed by atoms with Gasteiger partial charge in [0.15, 0.2) is 0 Å². The summed E-state index contributed by atoms with van der Waals surface area (Å²) in [5.41, 5.74) is 2.27. The lowest BCUT2D eigenvalue weighted by Crippen LogP contribution is -2.05. The second kappa shape index (κ2) is 5.76. The summed E-state index contributed by atoms with van der Waals surface area (Å²) in [5.74, 6) is -0.980. The van der Waals surface area contributed by atoms with E-state index < -0.39 is 5.97 Å². The Morgan fingerprint density at radius 3 is 2.50 bits per heavy atom. The fourth-order valence-electron chi connectivity index (χ4n) is 1.85. The van der Waals surface area contributed by atoms with Gasteiger partial charge >= 0.3 is 5.97 Å². The van der Waals surface area contributed by atoms with Crippen LogP contribution in [0, 0.1) is 25.2 Å². The van der Waals surface area contributed by atoms with Crippen molar-refractivity contribution in [1.82, 2.24) is 4.98 Å². The van der Waals surface area contributed by atoms with Gasteiger partial charge in [-0.25, -0.2) is 9.78 Å². The van der Waals surface area contributed by atoms with Gasteiger partial charge < -0.3 is 5.11 Å². The lowest BCUT2D eigenvalue weighted by atomic mass is 10.1. The maximum atomic E-state index is 11.3. The van der Waals surface area contributed by atoms with Crippen molar-refractivity contribution in [2.24, 2.45) is 0 Å². The average molecular weight is 284 g/mol. The molecule has 1 aromatic heterocycles. The summed E-state index contributed by atoms with van der Waals surface area (Å²) < 4.78 is 0. The number of carbonyl (C=O) groups is 1. The van der Waals surface area contributed by atoms with Gasteiger partial charge in [0.1, 0.15) is 5.03 Å². The number of carboxylic acids is 1. The van der Waals surface area contributed by atoms with E-state index in [1.54, 1.807) is 37.3 Å². The highest BCUT2D eigenvalue weighted by Crippen LogP contribution is 2.31. The second-order valence-electron chi connectivity index (χ2n) is 4.30. The molecule has 0 aliphatic carbocycles. The van der Waals surface area contributed by atoms with Crippen LogP contribution in [-0.2, 0) is 0 Å². The van der Waals surface area contributed by atoms with E-state index in [1.807, 2.05) is 13.0 Å². The Morgan fingerprint density at radius 2 is 1.95 bits per heavy atom. The molecule has 0 amide bonds. The van der Waals surface area contributed by atoms with E-state index in [-0.39, 0.29) is 5.56 Å². The molecule has 5 heteroatoms. The van der Waals surface area contributed by atoms with Gasteiger partial charge in [0.25, 0.3) is 0 Å². The first kappa shape index (κ1) is 14.1. The molecule has 2 aromatic rings. The summed E-state index contributed by atoms with van der Waals surface area (Å²) in [6.45, 7) is 3.60. The minimum Gasteiger partial charge on any atom is -0.478 e. The van der Waals surface area contributed by atoms with Crippen LogP contribution < -0.4 is 0 Å². The summed E-state index contributed by atoms with van der Waals surface area (Å²) in [5, 5.41) is 18.5. The van der Waals surface area contributed by atoms with Gasteiger partial charge in [0, 0.05) is 10.6 Å². The van der Waals surface area contributed by atoms with E-state index in [1.165, 1.54) is 11.8 Å². The lowest BCUT2D eigenvalue weighted by molar-refractivity contribution is 0.0691. The molecule has 0 spiro atoms. The lowest BCUT2D eigenvalue weighted by Gasteiger charge is -2.09. The summed E-state index contributed by atoms with van der Waals surface area (Å²) in [7, 11) is 0. The van der Waals surface area contributed by atoms with Gasteiger partial charge in [0.2, 0.25) is 0 Å². The Labute approximate surface area is 121 Å². The number of aromatic carboxylic acids is 1. The minimum atomic E-state index is -0.980. The molecule has 20 heavy (non-hydrogen) atoms. The summed E-state index contributed by atoms with van der Waals surface area (Å²) in [6.07, 6.45) is 0. The molecule has 0 saturated heterocycles. The number of benzene rings is 1. The van der Waals surface area contributed by atoms with E-state index in [2.05, 4.69) is 4.98 Å². The van der Waals surface area contributed by atoms with Crippen molar-refractivity contribution in [3.8, 4) is 6.07 Å². The van der Waals surface area contributed by atoms with Gasteiger partial charge in [-0.3, -0.25) is 0 Å². The highest BCUT2D eigenvalue weighted by Gasteiger charge is 2.16. The van der Waals surface area contributed by atoms with Gasteiger partial charge in [-0.1, -0.05) is 11.8 Å². The standard InChI is InChI=1S/C15H12N2O2S/c1-9-7-10(2)17-14(13(9)15(18)19)20-12-5-3-11(8-16)4-6-12/h3-7H,1-2H3,(H,18,19). The first-order valence-electron chi connectivity index (χ1n) is 5.91. The van der Waals surface area contributed by atoms with Crippen molar-refractivity contribution in [3.05, 3.63) is 52.7 Å². The molecule has 1 aromatic carbocycles. The molecule has 0 radical (unpaired) electrons. The first-order valence-corrected chi connectivity index (χ1v) is 6.72. The van der Waals surface area contributed by atoms with Gasteiger partial charge in [-0.05, 0) is 49.7 Å². The van der Waals surface area contributed by atoms with E-state index >= 15 is 0 Å². The van der Waals surface area contributed by atoms with E-state index in [0.717, 1.165) is 10.6 Å². The largest absolute Gasteiger partial charge is 0.478 e. The van der Waals surface area contributed by atoms with Crippen LogP contribution in [0.2, 0.25) is 0 Å². The molecule has 4 nitrogen and oxygen atoms in total. The number of pyridine rings is 1. The smallest absolute Gasteiger partial charge is 0.338 e. The number of carboxylic acid groups (broad SMARTS) is 1. The molecule has 0 unspecified atom stereocenters. The Balaban J connectivity index is 2.42. The van der Waals surface area contributed by atoms with Crippen molar-refractivity contribution in [2.75, 3.05) is 0 Å². The number of rotatable bonds is 3. The highest BCUT2D eigenvalue weighted by molar-refractivity contribution is 7.99. The molecular formula is C15H12N2O2S. The highest BCUT2D eigenvalue weighted by atomic mass is 32.2. The molecule has 1 heterocycles. The first-order chi connectivity index (χ1) is 9.51. The predicted molar refractivity (Wildman–Crippen MR) is 76.0 cm³/mol. The summed E-state index contributed by atoms with van der Waals surface area (Å²) in [6, 6.07) is 10.8. The molecule has 2 rings (SSSR count). The number of hydrogen-bond acceptors (Lipinski definition) is 4. The third kappa shape index (κ3) is 2.98. The average Bonchev–Trinajstić information content (AvgIpc) is 2.38. The predicted octanol–water partition coefficient (Wildman–Crippen LogP) is 3.42. The SMILES string of the molecule is Cc1cc(C)c(C(=O)O)c(Sc2ccc(C#N)cc2)n1. The van der Waals surface area contributed by atoms with Crippen molar-refractivity contribution in [2.45, 2.75) is 23.8 Å². The van der Waals surface area contributed by atoms with Crippen LogP contribution in [0.3, 0.4) is 0 Å². The van der Waals surface area contributed by atoms with Crippen LogP contribution in [0.4, 0.5) is 0 Å². The summed E-state index contributed by atoms with van der Waals surface area (Å²) in [4.78, 5) is 16.5. The number of nitriles is 1. The Morgan fingerprint density at radius 1 is 1.30 bits per heavy atom. The maximum absolute atomic E-state index is 11.3. The molecule has 1 N–H and O–H groups in total. The van der Waals surface area contributed by atoms with Gasteiger partial charge in [-0.15, -0.1) is 0 Å². The topological polar surface area (TPSA) is 74.0 Å². The van der Waals surface area contributed by atoms with E-state index in [9.17, 15) is 9.90 Å². The number of hydrogen-bond donors (Lipinski definition) is 1. The Kier molecular flexibility index (Phi) is 4.06. The molecule has 0 saturated carbocycles. The number of nitrogens with zero attached hydrogens (tertiary/aromatic N) is 2. The normalized spacial score (nSPS) is 10.1. The Hall–Kier alpha value is -2.32. The number of aromatic nitrogens is 1. The van der Waals surface area contributed by atoms with Crippen LogP contribution >= 0.6 is 11.8 Å². The summed E-state index contributed by atoms with van der Waals surface area (Å²) >= 11 is 1.29. The second-order valence-corrected chi connectivity index (χ2v) is 5.37. The van der Waals surface area contributed by atoms with Crippen LogP contribution in [0.1, 0.15) is 27.2 Å². The van der Waals surface area contributed by atoms with Gasteiger partial charge in [0.05, 0.1) is 17.2 Å². The minimum absolute atomic E-state index is 0.227. The molecule has 0 aliphatic rings. The quantitative estimate of drug-likeness (QED) is 0.934. The fraction of sp³-hybridized carbons (Fsp3) is 0.133. The molecular weight excluding hydrogens is 272 g/mol. The third-order valence-corrected chi connectivity index (χ3v) is 3.72. The van der Waals surface area contributed by atoms with Crippen LogP contribution in [0.5, 0.6) is 0 Å². The molecule has 0 fully saturated rings. The molecule has 0 aliphatic heterocycles. The van der Waals surface area contributed by atoms with Crippen molar-refractivity contribution < 1.29 is 9.90 Å². The zero-order valence-corrected chi connectivity index (χ0v) is 11.9. The number of aryl methyl sites for hydroxylation is 2. The van der Waals surface area contributed by atoms with Crippen molar-refractivity contribution in [1.29, 1.82) is 5.26 Å². The molecule has 0 bridgehead atoms. The molecule has 100 valence electrons. The molecule has 0 atom stereocenters. The monoisotopic (exact) mass is 284 g/mol.